The molecule has 2 rings (SSSR count). The lowest BCUT2D eigenvalue weighted by atomic mass is 10.1. The van der Waals surface area contributed by atoms with E-state index in [1.807, 2.05) is 13.0 Å². The van der Waals surface area contributed by atoms with Crippen molar-refractivity contribution in [3.63, 3.8) is 0 Å². The van der Waals surface area contributed by atoms with Gasteiger partial charge in [0, 0.05) is 6.54 Å². The summed E-state index contributed by atoms with van der Waals surface area (Å²) in [5.41, 5.74) is 7.02. The second kappa shape index (κ2) is 4.19. The van der Waals surface area contributed by atoms with Crippen LogP contribution in [0.2, 0.25) is 0 Å². The summed E-state index contributed by atoms with van der Waals surface area (Å²) < 4.78 is 30.4. The minimum absolute atomic E-state index is 0.152. The van der Waals surface area contributed by atoms with E-state index in [0.29, 0.717) is 24.5 Å². The van der Waals surface area contributed by atoms with Gasteiger partial charge in [0.05, 0.1) is 18.5 Å². The third-order valence-corrected chi connectivity index (χ3v) is 3.83. The van der Waals surface area contributed by atoms with E-state index in [9.17, 15) is 8.42 Å². The molecule has 94 valence electrons. The van der Waals surface area contributed by atoms with Crippen LogP contribution in [-0.4, -0.2) is 27.3 Å². The van der Waals surface area contributed by atoms with E-state index >= 15 is 0 Å². The standard InChI is InChI=1S/C11H16N2O3S/c1-8-7-13(17(2,14)15)10-5-9(6-12)3-4-11(10)16-8/h3-5,8H,6-7,12H2,1-2H3. The monoisotopic (exact) mass is 256 g/mol. The molecular formula is C11H16N2O3S. The molecule has 6 heteroatoms. The van der Waals surface area contributed by atoms with Crippen LogP contribution in [0.4, 0.5) is 5.69 Å². The Morgan fingerprint density at radius 1 is 1.53 bits per heavy atom. The van der Waals surface area contributed by atoms with Crippen molar-refractivity contribution in [1.82, 2.24) is 0 Å². The van der Waals surface area contributed by atoms with Gasteiger partial charge in [-0.3, -0.25) is 4.31 Å². The van der Waals surface area contributed by atoms with E-state index in [-0.39, 0.29) is 6.10 Å². The summed E-state index contributed by atoms with van der Waals surface area (Å²) >= 11 is 0. The molecule has 1 aromatic carbocycles. The highest BCUT2D eigenvalue weighted by Crippen LogP contribution is 2.35. The number of hydrogen-bond acceptors (Lipinski definition) is 4. The van der Waals surface area contributed by atoms with Crippen molar-refractivity contribution >= 4 is 15.7 Å². The van der Waals surface area contributed by atoms with Crippen LogP contribution in [0.15, 0.2) is 18.2 Å². The molecule has 0 fully saturated rings. The summed E-state index contributed by atoms with van der Waals surface area (Å²) in [6, 6.07) is 5.38. The average molecular weight is 256 g/mol. The van der Waals surface area contributed by atoms with Crippen LogP contribution in [0, 0.1) is 0 Å². The van der Waals surface area contributed by atoms with Crippen LogP contribution >= 0.6 is 0 Å². The van der Waals surface area contributed by atoms with Gasteiger partial charge in [-0.05, 0) is 24.6 Å². The number of fused-ring (bicyclic) bond motifs is 1. The van der Waals surface area contributed by atoms with E-state index in [2.05, 4.69) is 0 Å². The van der Waals surface area contributed by atoms with Gasteiger partial charge >= 0.3 is 0 Å². The fourth-order valence-electron chi connectivity index (χ4n) is 1.88. The van der Waals surface area contributed by atoms with E-state index in [1.165, 1.54) is 10.6 Å². The predicted molar refractivity (Wildman–Crippen MR) is 66.6 cm³/mol. The first-order valence-corrected chi connectivity index (χ1v) is 7.24. The molecule has 0 spiro atoms. The SMILES string of the molecule is CC1CN(S(C)(=O)=O)c2cc(CN)ccc2O1. The number of ether oxygens (including phenoxy) is 1. The topological polar surface area (TPSA) is 72.6 Å². The number of nitrogens with two attached hydrogens (primary N) is 1. The Morgan fingerprint density at radius 2 is 2.24 bits per heavy atom. The summed E-state index contributed by atoms with van der Waals surface area (Å²) in [6.07, 6.45) is 1.05. The molecule has 0 bridgehead atoms. The molecule has 1 aliphatic heterocycles. The van der Waals surface area contributed by atoms with Crippen LogP contribution < -0.4 is 14.8 Å². The molecule has 0 saturated heterocycles. The molecule has 0 aromatic heterocycles. The van der Waals surface area contributed by atoms with Gasteiger partial charge < -0.3 is 10.5 Å². The third kappa shape index (κ3) is 2.37. The van der Waals surface area contributed by atoms with Crippen LogP contribution in [0.3, 0.4) is 0 Å². The fourth-order valence-corrected chi connectivity index (χ4v) is 2.87. The van der Waals surface area contributed by atoms with Gasteiger partial charge in [-0.1, -0.05) is 6.07 Å². The maximum absolute atomic E-state index is 11.7. The zero-order valence-electron chi connectivity index (χ0n) is 9.88. The minimum atomic E-state index is -3.28. The molecule has 5 nitrogen and oxygen atoms in total. The Labute approximate surface area is 101 Å². The normalized spacial score (nSPS) is 19.7. The van der Waals surface area contributed by atoms with E-state index in [4.69, 9.17) is 10.5 Å². The van der Waals surface area contributed by atoms with Crippen molar-refractivity contribution in [3.8, 4) is 5.75 Å². The second-order valence-electron chi connectivity index (χ2n) is 4.23. The summed E-state index contributed by atoms with van der Waals surface area (Å²) in [5.74, 6) is 0.589. The highest BCUT2D eigenvalue weighted by Gasteiger charge is 2.28. The zero-order valence-corrected chi connectivity index (χ0v) is 10.7. The summed E-state index contributed by atoms with van der Waals surface area (Å²) in [4.78, 5) is 0. The molecular weight excluding hydrogens is 240 g/mol. The fraction of sp³-hybridized carbons (Fsp3) is 0.455. The Morgan fingerprint density at radius 3 is 2.82 bits per heavy atom. The van der Waals surface area contributed by atoms with E-state index in [1.54, 1.807) is 12.1 Å². The average Bonchev–Trinajstić information content (AvgIpc) is 2.26. The van der Waals surface area contributed by atoms with Crippen molar-refractivity contribution in [2.75, 3.05) is 17.1 Å². The van der Waals surface area contributed by atoms with E-state index in [0.717, 1.165) is 5.56 Å². The maximum Gasteiger partial charge on any atom is 0.232 e. The van der Waals surface area contributed by atoms with Crippen LogP contribution in [0.25, 0.3) is 0 Å². The van der Waals surface area contributed by atoms with Crippen molar-refractivity contribution in [1.29, 1.82) is 0 Å². The lowest BCUT2D eigenvalue weighted by Gasteiger charge is -2.33. The minimum Gasteiger partial charge on any atom is -0.487 e. The van der Waals surface area contributed by atoms with Gasteiger partial charge in [-0.2, -0.15) is 0 Å². The van der Waals surface area contributed by atoms with Crippen LogP contribution in [0.5, 0.6) is 5.75 Å². The zero-order chi connectivity index (χ0) is 12.6. The largest absolute Gasteiger partial charge is 0.487 e. The van der Waals surface area contributed by atoms with Crippen molar-refractivity contribution in [2.45, 2.75) is 19.6 Å². The Hall–Kier alpha value is -1.27. The van der Waals surface area contributed by atoms with Gasteiger partial charge in [-0.15, -0.1) is 0 Å². The van der Waals surface area contributed by atoms with Gasteiger partial charge in [0.2, 0.25) is 10.0 Å². The lowest BCUT2D eigenvalue weighted by Crippen LogP contribution is -2.41. The third-order valence-electron chi connectivity index (χ3n) is 2.68. The molecule has 1 aromatic rings. The molecule has 0 saturated carbocycles. The van der Waals surface area contributed by atoms with Gasteiger partial charge in [0.25, 0.3) is 0 Å². The van der Waals surface area contributed by atoms with Gasteiger partial charge in [-0.25, -0.2) is 8.42 Å². The van der Waals surface area contributed by atoms with Gasteiger partial charge in [0.1, 0.15) is 11.9 Å². The van der Waals surface area contributed by atoms with Crippen molar-refractivity contribution in [2.24, 2.45) is 5.73 Å². The Kier molecular flexibility index (Phi) is 3.01. The molecule has 1 unspecified atom stereocenters. The molecule has 0 radical (unpaired) electrons. The Bertz CT molecular complexity index is 528. The summed E-state index contributed by atoms with van der Waals surface area (Å²) in [5, 5.41) is 0. The van der Waals surface area contributed by atoms with Gasteiger partial charge in [0.15, 0.2) is 0 Å². The number of sulfonamides is 1. The smallest absolute Gasteiger partial charge is 0.232 e. The molecule has 17 heavy (non-hydrogen) atoms. The maximum atomic E-state index is 11.7. The summed E-state index contributed by atoms with van der Waals surface area (Å²) in [6.45, 7) is 2.55. The predicted octanol–water partition coefficient (Wildman–Crippen LogP) is 0.692. The highest BCUT2D eigenvalue weighted by molar-refractivity contribution is 7.92. The molecule has 0 aliphatic carbocycles. The van der Waals surface area contributed by atoms with Crippen molar-refractivity contribution < 1.29 is 13.2 Å². The first-order valence-electron chi connectivity index (χ1n) is 5.39. The molecule has 1 aliphatic rings. The Balaban J connectivity index is 2.54. The number of rotatable bonds is 2. The molecule has 0 amide bonds. The quantitative estimate of drug-likeness (QED) is 0.845. The number of anilines is 1. The van der Waals surface area contributed by atoms with Crippen LogP contribution in [-0.2, 0) is 16.6 Å². The number of hydrogen-bond donors (Lipinski definition) is 1. The number of nitrogens with zero attached hydrogens (tertiary/aromatic N) is 1. The first kappa shape index (κ1) is 12.2. The second-order valence-corrected chi connectivity index (χ2v) is 6.14. The first-order chi connectivity index (χ1) is 7.91. The van der Waals surface area contributed by atoms with Crippen LogP contribution in [0.1, 0.15) is 12.5 Å². The number of benzene rings is 1. The molecule has 1 atom stereocenters. The summed E-state index contributed by atoms with van der Waals surface area (Å²) in [7, 11) is -3.28. The highest BCUT2D eigenvalue weighted by atomic mass is 32.2. The lowest BCUT2D eigenvalue weighted by molar-refractivity contribution is 0.219. The molecule has 1 heterocycles. The van der Waals surface area contributed by atoms with Crippen molar-refractivity contribution in [3.05, 3.63) is 23.8 Å². The van der Waals surface area contributed by atoms with E-state index < -0.39 is 10.0 Å². The molecule has 2 N–H and O–H groups in total.